The number of aromatic nitrogens is 4. The highest BCUT2D eigenvalue weighted by molar-refractivity contribution is 5.81. The van der Waals surface area contributed by atoms with Gasteiger partial charge in [-0.3, -0.25) is 43.4 Å². The van der Waals surface area contributed by atoms with Crippen molar-refractivity contribution in [1.29, 1.82) is 0 Å². The molecule has 0 saturated carbocycles. The lowest BCUT2D eigenvalue weighted by atomic mass is 9.83. The molecule has 0 unspecified atom stereocenters. The zero-order valence-corrected chi connectivity index (χ0v) is 26.7. The molecule has 19 heteroatoms. The molecule has 0 aliphatic rings. The minimum absolute atomic E-state index is 0.0926. The van der Waals surface area contributed by atoms with Crippen molar-refractivity contribution in [2.75, 3.05) is 13.3 Å². The molecule has 0 radical (unpaired) electrons. The fourth-order valence-corrected chi connectivity index (χ4v) is 4.88. The van der Waals surface area contributed by atoms with Crippen LogP contribution in [0.25, 0.3) is 0 Å². The van der Waals surface area contributed by atoms with Crippen molar-refractivity contribution in [3.05, 3.63) is 36.4 Å². The molecule has 2 aromatic heterocycles. The SMILES string of the molecule is CC(C)N(Cc1nccn1CC(=O)NC(CCC(=O)O)(CCC(=O)O)CCC(=O)O)Cc1nccn1CC(=O)N(COC=O)CC(=O)O. The molecule has 5 N–H and O–H groups in total. The summed E-state index contributed by atoms with van der Waals surface area (Å²) in [6.07, 6.45) is 4.31. The monoisotopic (exact) mass is 679 g/mol. The highest BCUT2D eigenvalue weighted by Gasteiger charge is 2.34. The van der Waals surface area contributed by atoms with Crippen LogP contribution in [-0.2, 0) is 64.5 Å². The average Bonchev–Trinajstić information content (AvgIpc) is 3.63. The predicted octanol–water partition coefficient (Wildman–Crippen LogP) is -0.0167. The summed E-state index contributed by atoms with van der Waals surface area (Å²) >= 11 is 0. The number of nitrogens with one attached hydrogen (secondary N) is 1. The number of carboxylic acids is 4. The summed E-state index contributed by atoms with van der Waals surface area (Å²) in [4.78, 5) is 93.4. The van der Waals surface area contributed by atoms with Crippen molar-refractivity contribution in [2.45, 2.75) is 90.1 Å². The van der Waals surface area contributed by atoms with Crippen molar-refractivity contribution in [3.8, 4) is 0 Å². The van der Waals surface area contributed by atoms with Crippen LogP contribution in [-0.4, -0.2) is 116 Å². The maximum atomic E-state index is 13.3. The maximum Gasteiger partial charge on any atom is 0.323 e. The number of carbonyl (C=O) groups excluding carboxylic acids is 3. The van der Waals surface area contributed by atoms with Crippen LogP contribution in [0.5, 0.6) is 0 Å². The van der Waals surface area contributed by atoms with E-state index >= 15 is 0 Å². The van der Waals surface area contributed by atoms with Crippen molar-refractivity contribution in [2.24, 2.45) is 0 Å². The number of amides is 2. The number of ether oxygens (including phenoxy) is 1. The molecule has 2 amide bonds. The summed E-state index contributed by atoms with van der Waals surface area (Å²) in [6.45, 7) is 2.57. The zero-order valence-electron chi connectivity index (χ0n) is 26.7. The number of carboxylic acid groups (broad SMARTS) is 4. The Kier molecular flexibility index (Phi) is 15.2. The summed E-state index contributed by atoms with van der Waals surface area (Å²) in [7, 11) is 0. The summed E-state index contributed by atoms with van der Waals surface area (Å²) in [5.41, 5.74) is -1.38. The van der Waals surface area contributed by atoms with Gasteiger partial charge in [-0.15, -0.1) is 0 Å². The van der Waals surface area contributed by atoms with E-state index in [1.54, 1.807) is 17.0 Å². The minimum Gasteiger partial charge on any atom is -0.481 e. The third-order valence-corrected chi connectivity index (χ3v) is 7.48. The molecule has 0 aliphatic carbocycles. The molecule has 48 heavy (non-hydrogen) atoms. The molecule has 2 aromatic rings. The summed E-state index contributed by atoms with van der Waals surface area (Å²) < 4.78 is 7.65. The smallest absolute Gasteiger partial charge is 0.323 e. The Morgan fingerprint density at radius 1 is 0.833 bits per heavy atom. The first kappa shape index (κ1) is 38.9. The molecule has 0 fully saturated rings. The van der Waals surface area contributed by atoms with Gasteiger partial charge in [-0.05, 0) is 33.1 Å². The molecule has 0 saturated heterocycles. The molecular weight excluding hydrogens is 638 g/mol. The van der Waals surface area contributed by atoms with Gasteiger partial charge in [0.2, 0.25) is 11.8 Å². The first-order valence-corrected chi connectivity index (χ1v) is 14.9. The molecule has 264 valence electrons. The minimum atomic E-state index is -1.38. The van der Waals surface area contributed by atoms with E-state index in [4.69, 9.17) is 5.11 Å². The second-order valence-electron chi connectivity index (χ2n) is 11.3. The van der Waals surface area contributed by atoms with Gasteiger partial charge in [0, 0.05) is 55.6 Å². The van der Waals surface area contributed by atoms with Gasteiger partial charge in [-0.1, -0.05) is 0 Å². The lowest BCUT2D eigenvalue weighted by molar-refractivity contribution is -0.152. The number of imidazole rings is 2. The number of aliphatic carboxylic acids is 4. The highest BCUT2D eigenvalue weighted by Crippen LogP contribution is 2.26. The summed E-state index contributed by atoms with van der Waals surface area (Å²) in [5, 5.41) is 39.6. The fourth-order valence-electron chi connectivity index (χ4n) is 4.88. The van der Waals surface area contributed by atoms with E-state index in [-0.39, 0.29) is 58.0 Å². The van der Waals surface area contributed by atoms with Gasteiger partial charge in [0.05, 0.1) is 13.1 Å². The molecule has 0 bridgehead atoms. The Bertz CT molecular complexity index is 1390. The van der Waals surface area contributed by atoms with Gasteiger partial charge in [0.25, 0.3) is 6.47 Å². The summed E-state index contributed by atoms with van der Waals surface area (Å²) in [6, 6.07) is -0.0926. The van der Waals surface area contributed by atoms with Crippen LogP contribution < -0.4 is 5.32 Å². The van der Waals surface area contributed by atoms with Crippen LogP contribution in [0.1, 0.15) is 64.0 Å². The quantitative estimate of drug-likeness (QED) is 0.0721. The zero-order chi connectivity index (χ0) is 35.9. The van der Waals surface area contributed by atoms with E-state index in [0.717, 1.165) is 4.90 Å². The highest BCUT2D eigenvalue weighted by atomic mass is 16.5. The van der Waals surface area contributed by atoms with E-state index < -0.39 is 73.8 Å². The van der Waals surface area contributed by atoms with Crippen molar-refractivity contribution in [3.63, 3.8) is 0 Å². The van der Waals surface area contributed by atoms with Crippen molar-refractivity contribution < 1.29 is 58.7 Å². The molecular formula is C29H41N7O12. The second-order valence-corrected chi connectivity index (χ2v) is 11.3. The van der Waals surface area contributed by atoms with E-state index in [1.165, 1.54) is 17.0 Å². The molecule has 0 aromatic carbocycles. The Balaban J connectivity index is 2.21. The Morgan fingerprint density at radius 3 is 1.73 bits per heavy atom. The van der Waals surface area contributed by atoms with Gasteiger partial charge in [-0.25, -0.2) is 9.97 Å². The van der Waals surface area contributed by atoms with Crippen LogP contribution in [0.3, 0.4) is 0 Å². The van der Waals surface area contributed by atoms with Crippen LogP contribution in [0.15, 0.2) is 24.8 Å². The first-order valence-electron chi connectivity index (χ1n) is 14.9. The number of hydrogen-bond donors (Lipinski definition) is 5. The first-order chi connectivity index (χ1) is 22.6. The lowest BCUT2D eigenvalue weighted by Crippen LogP contribution is -2.50. The van der Waals surface area contributed by atoms with Gasteiger partial charge < -0.3 is 39.6 Å². The summed E-state index contributed by atoms with van der Waals surface area (Å²) in [5.74, 6) is -5.13. The standard InChI is InChI=1S/C29H41N7O12/c1-20(2)35(14-22-31-10-12-34(22)16-24(39)36(17-28(46)47)18-48-19-37)13-21-30-9-11-33(21)15-23(38)32-29(6-3-25(40)41,7-4-26(42)43)8-5-27(44)45/h9-12,19-20H,3-8,13-18H2,1-2H3,(H,32,38)(H,40,41)(H,42,43)(H,44,45)(H,46,47). The Morgan fingerprint density at radius 2 is 1.31 bits per heavy atom. The molecule has 0 aliphatic heterocycles. The second kappa shape index (κ2) is 18.7. The van der Waals surface area contributed by atoms with E-state index in [1.807, 2.05) is 18.7 Å². The van der Waals surface area contributed by atoms with Crippen LogP contribution >= 0.6 is 0 Å². The van der Waals surface area contributed by atoms with Gasteiger partial charge in [0.15, 0.2) is 6.73 Å². The van der Waals surface area contributed by atoms with Crippen molar-refractivity contribution >= 4 is 42.2 Å². The average molecular weight is 680 g/mol. The van der Waals surface area contributed by atoms with Crippen LogP contribution in [0.2, 0.25) is 0 Å². The molecule has 0 spiro atoms. The number of hydrogen-bond acceptors (Lipinski definition) is 11. The molecule has 19 nitrogen and oxygen atoms in total. The Hall–Kier alpha value is -5.33. The third-order valence-electron chi connectivity index (χ3n) is 7.48. The number of nitrogens with zero attached hydrogens (tertiary/aromatic N) is 6. The molecule has 0 atom stereocenters. The van der Waals surface area contributed by atoms with Crippen molar-refractivity contribution in [1.82, 2.24) is 34.2 Å². The van der Waals surface area contributed by atoms with Gasteiger partial charge in [0.1, 0.15) is 31.3 Å². The van der Waals surface area contributed by atoms with Crippen LogP contribution in [0.4, 0.5) is 0 Å². The normalized spacial score (nSPS) is 11.3. The van der Waals surface area contributed by atoms with Gasteiger partial charge >= 0.3 is 23.9 Å². The topological polar surface area (TPSA) is 264 Å². The van der Waals surface area contributed by atoms with Gasteiger partial charge in [-0.2, -0.15) is 0 Å². The van der Waals surface area contributed by atoms with E-state index in [2.05, 4.69) is 20.0 Å². The van der Waals surface area contributed by atoms with Crippen LogP contribution in [0, 0.1) is 0 Å². The maximum absolute atomic E-state index is 13.3. The number of carbonyl (C=O) groups is 7. The predicted molar refractivity (Wildman–Crippen MR) is 162 cm³/mol. The Labute approximate surface area is 275 Å². The number of rotatable bonds is 24. The fraction of sp³-hybridized carbons (Fsp3) is 0.552. The van der Waals surface area contributed by atoms with E-state index in [9.17, 15) is 48.9 Å². The lowest BCUT2D eigenvalue weighted by Gasteiger charge is -2.34. The van der Waals surface area contributed by atoms with E-state index in [0.29, 0.717) is 11.6 Å². The largest absolute Gasteiger partial charge is 0.481 e. The molecule has 2 heterocycles. The third kappa shape index (κ3) is 13.2. The molecule has 2 rings (SSSR count).